The summed E-state index contributed by atoms with van der Waals surface area (Å²) in [6.07, 6.45) is -7.45. The number of hydrogen-bond acceptors (Lipinski definition) is 11. The van der Waals surface area contributed by atoms with Crippen molar-refractivity contribution in [1.29, 1.82) is 0 Å². The van der Waals surface area contributed by atoms with Gasteiger partial charge in [0.05, 0.1) is 6.10 Å². The predicted octanol–water partition coefficient (Wildman–Crippen LogP) is 1.75. The minimum Gasteiger partial charge on any atom is -0.463 e. The van der Waals surface area contributed by atoms with Crippen molar-refractivity contribution in [2.75, 3.05) is 19.8 Å². The van der Waals surface area contributed by atoms with Crippen molar-refractivity contribution in [3.05, 3.63) is 22.2 Å². The molecule has 0 spiro atoms. The highest BCUT2D eigenvalue weighted by Crippen LogP contribution is 2.42. The Kier molecular flexibility index (Phi) is 11.2. The zero-order chi connectivity index (χ0) is 29.5. The van der Waals surface area contributed by atoms with E-state index in [0.717, 1.165) is 0 Å². The lowest BCUT2D eigenvalue weighted by Gasteiger charge is -2.34. The van der Waals surface area contributed by atoms with Gasteiger partial charge in [-0.25, -0.2) is 4.79 Å². The SMILES string of the molecule is CC(=O)OCC1CC(OC(C)=O)CC(OCC(=O)NCC(=O)Oc2c(C(F)(F)F)cc(Br)cc2S(=O)(=O)O)O1. The van der Waals surface area contributed by atoms with E-state index in [1.807, 2.05) is 5.32 Å². The first-order valence-corrected chi connectivity index (χ1v) is 13.1. The number of amides is 1. The number of alkyl halides is 3. The number of carbonyl (C=O) groups is 4. The van der Waals surface area contributed by atoms with Gasteiger partial charge in [0.1, 0.15) is 36.3 Å². The molecular weight excluding hydrogens is 627 g/mol. The summed E-state index contributed by atoms with van der Waals surface area (Å²) in [6, 6.07) is 1.03. The van der Waals surface area contributed by atoms with Gasteiger partial charge in [0, 0.05) is 31.2 Å². The number of rotatable bonds is 10. The molecule has 0 aliphatic carbocycles. The highest BCUT2D eigenvalue weighted by molar-refractivity contribution is 9.10. The summed E-state index contributed by atoms with van der Waals surface area (Å²) in [6.45, 7) is 0.473. The third kappa shape index (κ3) is 10.7. The van der Waals surface area contributed by atoms with Gasteiger partial charge in [0.2, 0.25) is 5.91 Å². The Bertz CT molecular complexity index is 1210. The Morgan fingerprint density at radius 1 is 1.15 bits per heavy atom. The first-order chi connectivity index (χ1) is 18.0. The lowest BCUT2D eigenvalue weighted by atomic mass is 10.1. The number of benzene rings is 1. The summed E-state index contributed by atoms with van der Waals surface area (Å²) in [4.78, 5) is 45.3. The summed E-state index contributed by atoms with van der Waals surface area (Å²) in [5.74, 6) is -5.07. The second-order valence-electron chi connectivity index (χ2n) is 8.01. The summed E-state index contributed by atoms with van der Waals surface area (Å²) >= 11 is 2.69. The first-order valence-electron chi connectivity index (χ1n) is 10.9. The molecule has 218 valence electrons. The van der Waals surface area contributed by atoms with Crippen LogP contribution in [0.4, 0.5) is 13.2 Å². The number of esters is 3. The zero-order valence-corrected chi connectivity index (χ0v) is 22.7. The van der Waals surface area contributed by atoms with Gasteiger partial charge < -0.3 is 29.0 Å². The second kappa shape index (κ2) is 13.5. The lowest BCUT2D eigenvalue weighted by Crippen LogP contribution is -2.43. The van der Waals surface area contributed by atoms with Gasteiger partial charge in [-0.3, -0.25) is 18.9 Å². The van der Waals surface area contributed by atoms with Gasteiger partial charge in [0.25, 0.3) is 10.1 Å². The normalized spacial score (nSPS) is 19.6. The molecule has 3 unspecified atom stereocenters. The molecular formula is C21H23BrF3NO12S. The van der Waals surface area contributed by atoms with Crippen LogP contribution < -0.4 is 10.1 Å². The van der Waals surface area contributed by atoms with Gasteiger partial charge in [-0.1, -0.05) is 15.9 Å². The molecule has 0 saturated carbocycles. The number of nitrogens with one attached hydrogen (secondary N) is 1. The average Bonchev–Trinajstić information content (AvgIpc) is 2.79. The molecule has 1 aromatic rings. The van der Waals surface area contributed by atoms with E-state index in [0.29, 0.717) is 12.1 Å². The van der Waals surface area contributed by atoms with E-state index in [-0.39, 0.29) is 23.9 Å². The van der Waals surface area contributed by atoms with Crippen molar-refractivity contribution in [2.24, 2.45) is 0 Å². The van der Waals surface area contributed by atoms with Crippen molar-refractivity contribution in [1.82, 2.24) is 5.32 Å². The molecule has 13 nitrogen and oxygen atoms in total. The van der Waals surface area contributed by atoms with Gasteiger partial charge in [0.15, 0.2) is 12.0 Å². The summed E-state index contributed by atoms with van der Waals surface area (Å²) in [5, 5.41) is 2.01. The predicted molar refractivity (Wildman–Crippen MR) is 124 cm³/mol. The van der Waals surface area contributed by atoms with Gasteiger partial charge >= 0.3 is 24.1 Å². The molecule has 1 amide bonds. The van der Waals surface area contributed by atoms with Crippen LogP contribution in [0.5, 0.6) is 5.75 Å². The van der Waals surface area contributed by atoms with E-state index in [9.17, 15) is 45.3 Å². The maximum atomic E-state index is 13.4. The van der Waals surface area contributed by atoms with Gasteiger partial charge in [-0.15, -0.1) is 0 Å². The van der Waals surface area contributed by atoms with Crippen molar-refractivity contribution < 1.29 is 69.0 Å². The standard InChI is InChI=1S/C21H23BrF3NO12S/c1-10(27)34-8-14-5-13(36-11(2)28)6-19(37-14)35-9-17(29)26-7-18(30)38-20-15(21(23,24)25)3-12(22)4-16(20)39(31,32)33/h3-4,13-14,19H,5-9H2,1-2H3,(H,26,29)(H,31,32,33). The number of halogens is 4. The zero-order valence-electron chi connectivity index (χ0n) is 20.3. The summed E-state index contributed by atoms with van der Waals surface area (Å²) in [7, 11) is -5.25. The number of hydrogen-bond donors (Lipinski definition) is 2. The fourth-order valence-corrected chi connectivity index (χ4v) is 4.57. The van der Waals surface area contributed by atoms with E-state index >= 15 is 0 Å². The summed E-state index contributed by atoms with van der Waals surface area (Å²) in [5.41, 5.74) is -1.67. The Morgan fingerprint density at radius 3 is 2.38 bits per heavy atom. The lowest BCUT2D eigenvalue weighted by molar-refractivity contribution is -0.228. The molecule has 1 aliphatic heterocycles. The van der Waals surface area contributed by atoms with Crippen molar-refractivity contribution in [3.8, 4) is 5.75 Å². The fourth-order valence-electron chi connectivity index (χ4n) is 3.30. The number of ether oxygens (including phenoxy) is 5. The third-order valence-electron chi connectivity index (χ3n) is 4.78. The molecule has 1 fully saturated rings. The molecule has 1 aromatic carbocycles. The van der Waals surface area contributed by atoms with E-state index < -0.39 is 88.0 Å². The van der Waals surface area contributed by atoms with Crippen LogP contribution in [0.1, 0.15) is 32.3 Å². The average molecular weight is 650 g/mol. The largest absolute Gasteiger partial charge is 0.463 e. The molecule has 0 radical (unpaired) electrons. The second-order valence-corrected chi connectivity index (χ2v) is 10.3. The monoisotopic (exact) mass is 649 g/mol. The molecule has 2 rings (SSSR count). The molecule has 1 aliphatic rings. The van der Waals surface area contributed by atoms with Crippen LogP contribution in [-0.4, -0.2) is 75.0 Å². The third-order valence-corrected chi connectivity index (χ3v) is 6.10. The fraction of sp³-hybridized carbons (Fsp3) is 0.524. The smallest absolute Gasteiger partial charge is 0.420 e. The molecule has 2 N–H and O–H groups in total. The maximum Gasteiger partial charge on any atom is 0.420 e. The molecule has 1 saturated heterocycles. The highest BCUT2D eigenvalue weighted by atomic mass is 79.9. The quantitative estimate of drug-likeness (QED) is 0.213. The van der Waals surface area contributed by atoms with Crippen molar-refractivity contribution in [2.45, 2.75) is 56.3 Å². The number of carbonyl (C=O) groups excluding carboxylic acids is 4. The molecule has 0 aromatic heterocycles. The van der Waals surface area contributed by atoms with E-state index in [1.54, 1.807) is 0 Å². The van der Waals surface area contributed by atoms with Crippen LogP contribution in [0.2, 0.25) is 0 Å². The minimum atomic E-state index is -5.25. The van der Waals surface area contributed by atoms with E-state index in [1.165, 1.54) is 13.8 Å². The van der Waals surface area contributed by atoms with Crippen molar-refractivity contribution >= 4 is 49.9 Å². The molecule has 3 atom stereocenters. The van der Waals surface area contributed by atoms with Crippen LogP contribution in [-0.2, 0) is 54.4 Å². The first kappa shape index (κ1) is 32.4. The Hall–Kier alpha value is -2.80. The topological polar surface area (TPSA) is 181 Å². The van der Waals surface area contributed by atoms with Crippen LogP contribution in [0.25, 0.3) is 0 Å². The minimum absolute atomic E-state index is 0.0215. The van der Waals surface area contributed by atoms with Crippen LogP contribution >= 0.6 is 15.9 Å². The van der Waals surface area contributed by atoms with E-state index in [4.69, 9.17) is 18.9 Å². The maximum absolute atomic E-state index is 13.4. The Balaban J connectivity index is 2.00. The molecule has 1 heterocycles. The Labute approximate surface area is 228 Å². The van der Waals surface area contributed by atoms with E-state index in [2.05, 4.69) is 20.7 Å². The summed E-state index contributed by atoms with van der Waals surface area (Å²) < 4.78 is 97.7. The molecule has 39 heavy (non-hydrogen) atoms. The van der Waals surface area contributed by atoms with Gasteiger partial charge in [-0.2, -0.15) is 21.6 Å². The molecule has 18 heteroatoms. The molecule has 0 bridgehead atoms. The van der Waals surface area contributed by atoms with Crippen LogP contribution in [0, 0.1) is 0 Å². The van der Waals surface area contributed by atoms with Crippen molar-refractivity contribution in [3.63, 3.8) is 0 Å². The van der Waals surface area contributed by atoms with Crippen LogP contribution in [0.3, 0.4) is 0 Å². The Morgan fingerprint density at radius 2 is 1.82 bits per heavy atom. The highest BCUT2D eigenvalue weighted by Gasteiger charge is 2.39. The van der Waals surface area contributed by atoms with Crippen LogP contribution in [0.15, 0.2) is 21.5 Å². The van der Waals surface area contributed by atoms with Gasteiger partial charge in [-0.05, 0) is 12.1 Å².